The van der Waals surface area contributed by atoms with Crippen molar-refractivity contribution in [2.45, 2.75) is 34.1 Å². The van der Waals surface area contributed by atoms with E-state index < -0.39 is 0 Å². The number of nitrogens with zero attached hydrogens (tertiary/aromatic N) is 1. The molecule has 2 rings (SSSR count). The largest absolute Gasteiger partial charge is 0.497 e. The second-order valence-corrected chi connectivity index (χ2v) is 6.41. The Morgan fingerprint density at radius 2 is 1.50 bits per heavy atom. The fraction of sp³-hybridized carbons (Fsp3) is 0.391. The van der Waals surface area contributed by atoms with Gasteiger partial charge in [-0.25, -0.2) is 5.43 Å². The van der Waals surface area contributed by atoms with E-state index in [0.717, 1.165) is 17.0 Å². The lowest BCUT2D eigenvalue weighted by Gasteiger charge is -2.16. The van der Waals surface area contributed by atoms with Gasteiger partial charge in [0.2, 0.25) is 5.75 Å². The molecule has 0 spiro atoms. The van der Waals surface area contributed by atoms with Crippen LogP contribution in [0.1, 0.15) is 43.6 Å². The molecule has 30 heavy (non-hydrogen) atoms. The molecule has 0 fully saturated rings. The minimum atomic E-state index is -0.353. The number of carbonyl (C=O) groups is 1. The van der Waals surface area contributed by atoms with E-state index in [1.807, 2.05) is 52.0 Å². The minimum absolute atomic E-state index is 0.353. The van der Waals surface area contributed by atoms with Crippen molar-refractivity contribution in [3.05, 3.63) is 47.5 Å². The molecule has 0 aliphatic rings. The van der Waals surface area contributed by atoms with E-state index >= 15 is 0 Å². The fourth-order valence-corrected chi connectivity index (χ4v) is 2.81. The third-order valence-corrected chi connectivity index (χ3v) is 4.14. The normalized spacial score (nSPS) is 11.0. The Balaban J connectivity index is 2.16. The highest BCUT2D eigenvalue weighted by Gasteiger charge is 2.18. The van der Waals surface area contributed by atoms with Gasteiger partial charge in [0.1, 0.15) is 5.75 Å². The van der Waals surface area contributed by atoms with E-state index in [9.17, 15) is 4.79 Å². The van der Waals surface area contributed by atoms with Crippen molar-refractivity contribution in [1.29, 1.82) is 0 Å². The van der Waals surface area contributed by atoms with Crippen LogP contribution in [-0.2, 0) is 6.42 Å². The van der Waals surface area contributed by atoms with Crippen molar-refractivity contribution in [2.75, 3.05) is 26.9 Å². The summed E-state index contributed by atoms with van der Waals surface area (Å²) in [4.78, 5) is 12.7. The second kappa shape index (κ2) is 11.7. The number of hydrazone groups is 1. The Hall–Kier alpha value is -3.22. The standard InChI is InChI=1S/C23H30N2O5/c1-6-28-20-14-18(15-21(29-7-2)22(20)30-8-3)23(26)25-24-16(4)13-17-9-11-19(27-5)12-10-17/h9-12,14-15H,6-8,13H2,1-5H3,(H,25,26). The van der Waals surface area contributed by atoms with Crippen molar-refractivity contribution in [2.24, 2.45) is 5.10 Å². The molecule has 0 saturated carbocycles. The summed E-state index contributed by atoms with van der Waals surface area (Å²) in [7, 11) is 1.63. The van der Waals surface area contributed by atoms with E-state index in [1.54, 1.807) is 19.2 Å². The number of carbonyl (C=O) groups excluding carboxylic acids is 1. The smallest absolute Gasteiger partial charge is 0.271 e. The van der Waals surface area contributed by atoms with E-state index in [4.69, 9.17) is 18.9 Å². The summed E-state index contributed by atoms with van der Waals surface area (Å²) in [5, 5.41) is 4.22. The second-order valence-electron chi connectivity index (χ2n) is 6.41. The molecule has 0 unspecified atom stereocenters. The van der Waals surface area contributed by atoms with Gasteiger partial charge < -0.3 is 18.9 Å². The predicted octanol–water partition coefficient (Wildman–Crippen LogP) is 4.24. The molecule has 7 nitrogen and oxygen atoms in total. The molecule has 2 aromatic carbocycles. The molecule has 0 bridgehead atoms. The molecule has 0 aromatic heterocycles. The maximum absolute atomic E-state index is 12.7. The van der Waals surface area contributed by atoms with Crippen molar-refractivity contribution in [1.82, 2.24) is 5.43 Å². The van der Waals surface area contributed by atoms with Crippen molar-refractivity contribution >= 4 is 11.6 Å². The highest BCUT2D eigenvalue weighted by atomic mass is 16.5. The van der Waals surface area contributed by atoms with Gasteiger partial charge in [0, 0.05) is 17.7 Å². The minimum Gasteiger partial charge on any atom is -0.497 e. The number of nitrogens with one attached hydrogen (secondary N) is 1. The maximum Gasteiger partial charge on any atom is 0.271 e. The van der Waals surface area contributed by atoms with E-state index in [1.165, 1.54) is 0 Å². The van der Waals surface area contributed by atoms with E-state index in [-0.39, 0.29) is 5.91 Å². The molecule has 1 amide bonds. The van der Waals surface area contributed by atoms with Crippen LogP contribution in [-0.4, -0.2) is 38.5 Å². The fourth-order valence-electron chi connectivity index (χ4n) is 2.81. The Morgan fingerprint density at radius 3 is 2.00 bits per heavy atom. The topological polar surface area (TPSA) is 78.4 Å². The molecular weight excluding hydrogens is 384 g/mol. The molecule has 0 aliphatic carbocycles. The third kappa shape index (κ3) is 6.40. The quantitative estimate of drug-likeness (QED) is 0.440. The van der Waals surface area contributed by atoms with Gasteiger partial charge in [0.15, 0.2) is 11.5 Å². The average molecular weight is 415 g/mol. The SMILES string of the molecule is CCOc1cc(C(=O)NN=C(C)Cc2ccc(OC)cc2)cc(OCC)c1OCC. The first-order chi connectivity index (χ1) is 14.5. The lowest BCUT2D eigenvalue weighted by molar-refractivity contribution is 0.0953. The zero-order valence-electron chi connectivity index (χ0n) is 18.3. The number of amides is 1. The molecule has 0 saturated heterocycles. The van der Waals surface area contributed by atoms with Gasteiger partial charge in [-0.05, 0) is 57.5 Å². The summed E-state index contributed by atoms with van der Waals surface area (Å²) in [6.07, 6.45) is 0.613. The van der Waals surface area contributed by atoms with Crippen molar-refractivity contribution < 1.29 is 23.7 Å². The molecule has 0 radical (unpaired) electrons. The Morgan fingerprint density at radius 1 is 0.933 bits per heavy atom. The van der Waals surface area contributed by atoms with Gasteiger partial charge in [-0.3, -0.25) is 4.79 Å². The zero-order valence-corrected chi connectivity index (χ0v) is 18.3. The van der Waals surface area contributed by atoms with Crippen LogP contribution in [0, 0.1) is 0 Å². The Kier molecular flexibility index (Phi) is 9.00. The van der Waals surface area contributed by atoms with Crippen LogP contribution in [0.4, 0.5) is 0 Å². The predicted molar refractivity (Wildman–Crippen MR) is 117 cm³/mol. The zero-order chi connectivity index (χ0) is 21.9. The number of benzene rings is 2. The Labute approximate surface area is 178 Å². The van der Waals surface area contributed by atoms with Crippen LogP contribution in [0.25, 0.3) is 0 Å². The summed E-state index contributed by atoms with van der Waals surface area (Å²) in [5.74, 6) is 1.88. The number of hydrogen-bond acceptors (Lipinski definition) is 6. The molecular formula is C23H30N2O5. The van der Waals surface area contributed by atoms with Gasteiger partial charge in [0.05, 0.1) is 26.9 Å². The summed E-state index contributed by atoms with van der Waals surface area (Å²) in [6.45, 7) is 8.82. The third-order valence-electron chi connectivity index (χ3n) is 4.14. The summed E-state index contributed by atoms with van der Waals surface area (Å²) >= 11 is 0. The van der Waals surface area contributed by atoms with Gasteiger partial charge in [-0.2, -0.15) is 5.10 Å². The molecule has 1 N–H and O–H groups in total. The van der Waals surface area contributed by atoms with Crippen LogP contribution < -0.4 is 24.4 Å². The first-order valence-electron chi connectivity index (χ1n) is 10.0. The number of rotatable bonds is 11. The number of methoxy groups -OCH3 is 1. The molecule has 7 heteroatoms. The van der Waals surface area contributed by atoms with Gasteiger partial charge in [-0.15, -0.1) is 0 Å². The number of hydrogen-bond donors (Lipinski definition) is 1. The lowest BCUT2D eigenvalue weighted by Crippen LogP contribution is -2.20. The van der Waals surface area contributed by atoms with E-state index in [0.29, 0.717) is 49.1 Å². The van der Waals surface area contributed by atoms with E-state index in [2.05, 4.69) is 10.5 Å². The molecule has 2 aromatic rings. The average Bonchev–Trinajstić information content (AvgIpc) is 2.75. The number of ether oxygens (including phenoxy) is 4. The van der Waals surface area contributed by atoms with Crippen LogP contribution in [0.3, 0.4) is 0 Å². The van der Waals surface area contributed by atoms with Gasteiger partial charge in [0.25, 0.3) is 5.91 Å². The maximum atomic E-state index is 12.7. The molecule has 162 valence electrons. The lowest BCUT2D eigenvalue weighted by atomic mass is 10.1. The highest BCUT2D eigenvalue weighted by Crippen LogP contribution is 2.39. The summed E-state index contributed by atoms with van der Waals surface area (Å²) < 4.78 is 22.2. The highest BCUT2D eigenvalue weighted by molar-refractivity contribution is 5.96. The van der Waals surface area contributed by atoms with Crippen LogP contribution >= 0.6 is 0 Å². The summed E-state index contributed by atoms with van der Waals surface area (Å²) in [5.41, 5.74) is 4.83. The molecule has 0 atom stereocenters. The van der Waals surface area contributed by atoms with Gasteiger partial charge in [-0.1, -0.05) is 12.1 Å². The Bertz CT molecular complexity index is 835. The molecule has 0 aliphatic heterocycles. The first-order valence-corrected chi connectivity index (χ1v) is 10.0. The van der Waals surface area contributed by atoms with Crippen LogP contribution in [0.2, 0.25) is 0 Å². The van der Waals surface area contributed by atoms with Crippen LogP contribution in [0.5, 0.6) is 23.0 Å². The molecule has 0 heterocycles. The van der Waals surface area contributed by atoms with Gasteiger partial charge >= 0.3 is 0 Å². The first kappa shape index (κ1) is 23.1. The van der Waals surface area contributed by atoms with Crippen molar-refractivity contribution in [3.8, 4) is 23.0 Å². The summed E-state index contributed by atoms with van der Waals surface area (Å²) in [6, 6.07) is 11.0. The van der Waals surface area contributed by atoms with Crippen molar-refractivity contribution in [3.63, 3.8) is 0 Å². The monoisotopic (exact) mass is 414 g/mol. The van der Waals surface area contributed by atoms with Crippen LogP contribution in [0.15, 0.2) is 41.5 Å².